The summed E-state index contributed by atoms with van der Waals surface area (Å²) in [6.07, 6.45) is 2.32. The third kappa shape index (κ3) is 3.76. The normalized spacial score (nSPS) is 14.6. The third-order valence-electron chi connectivity index (χ3n) is 3.58. The van der Waals surface area contributed by atoms with Crippen LogP contribution in [0.3, 0.4) is 0 Å². The first-order valence-electron chi connectivity index (χ1n) is 7.50. The first kappa shape index (κ1) is 15.4. The predicted molar refractivity (Wildman–Crippen MR) is 88.5 cm³/mol. The number of aryl methyl sites for hydroxylation is 1. The Bertz CT molecular complexity index is 550. The molecule has 3 nitrogen and oxygen atoms in total. The molecule has 0 spiro atoms. The van der Waals surface area contributed by atoms with Gasteiger partial charge in [-0.1, -0.05) is 38.6 Å². The van der Waals surface area contributed by atoms with Crippen molar-refractivity contribution >= 4 is 22.8 Å². The lowest BCUT2D eigenvalue weighted by Gasteiger charge is -2.22. The molecular weight excluding hydrogens is 266 g/mol. The molecule has 4 heteroatoms. The van der Waals surface area contributed by atoms with Crippen molar-refractivity contribution in [2.75, 3.05) is 6.54 Å². The number of nitrogens with one attached hydrogen (secondary N) is 2. The van der Waals surface area contributed by atoms with Crippen molar-refractivity contribution in [2.45, 2.75) is 57.0 Å². The molecule has 110 valence electrons. The largest absolute Gasteiger partial charge is 0.333 e. The summed E-state index contributed by atoms with van der Waals surface area (Å²) in [6.45, 7) is 9.92. The fourth-order valence-corrected chi connectivity index (χ4v) is 3.51. The lowest BCUT2D eigenvalue weighted by molar-refractivity contribution is 0.493. The number of hydrogen-bond donors (Lipinski definition) is 2. The number of imidazole rings is 1. The maximum absolute atomic E-state index is 4.67. The van der Waals surface area contributed by atoms with Crippen molar-refractivity contribution in [3.05, 3.63) is 23.8 Å². The van der Waals surface area contributed by atoms with Gasteiger partial charge in [0.2, 0.25) is 0 Å². The predicted octanol–water partition coefficient (Wildman–Crippen LogP) is 4.13. The number of benzene rings is 1. The van der Waals surface area contributed by atoms with Crippen LogP contribution >= 0.6 is 11.8 Å². The van der Waals surface area contributed by atoms with Gasteiger partial charge in [-0.3, -0.25) is 0 Å². The summed E-state index contributed by atoms with van der Waals surface area (Å²) >= 11 is 1.83. The minimum Gasteiger partial charge on any atom is -0.333 e. The fraction of sp³-hybridized carbons (Fsp3) is 0.562. The van der Waals surface area contributed by atoms with Crippen LogP contribution in [0, 0.1) is 6.92 Å². The van der Waals surface area contributed by atoms with E-state index in [1.54, 1.807) is 0 Å². The van der Waals surface area contributed by atoms with E-state index in [9.17, 15) is 0 Å². The Hall–Kier alpha value is -1.00. The SMILES string of the molecule is CCCNC(CC)C(C)Sc1nc2ccc(C)cc2[nH]1. The Morgan fingerprint density at radius 2 is 2.15 bits per heavy atom. The summed E-state index contributed by atoms with van der Waals surface area (Å²) in [5, 5.41) is 5.15. The highest BCUT2D eigenvalue weighted by molar-refractivity contribution is 7.99. The number of rotatable bonds is 7. The number of aromatic nitrogens is 2. The number of fused-ring (bicyclic) bond motifs is 1. The smallest absolute Gasteiger partial charge is 0.166 e. The van der Waals surface area contributed by atoms with Gasteiger partial charge < -0.3 is 10.3 Å². The maximum Gasteiger partial charge on any atom is 0.166 e. The van der Waals surface area contributed by atoms with Gasteiger partial charge in [0, 0.05) is 11.3 Å². The molecule has 2 aromatic rings. The Morgan fingerprint density at radius 1 is 1.35 bits per heavy atom. The van der Waals surface area contributed by atoms with E-state index in [-0.39, 0.29) is 0 Å². The molecule has 2 rings (SSSR count). The van der Waals surface area contributed by atoms with Crippen molar-refractivity contribution in [3.8, 4) is 0 Å². The van der Waals surface area contributed by atoms with Crippen molar-refractivity contribution in [1.82, 2.24) is 15.3 Å². The van der Waals surface area contributed by atoms with Crippen LogP contribution in [0.15, 0.2) is 23.4 Å². The molecular formula is C16H25N3S. The molecule has 0 amide bonds. The molecule has 0 radical (unpaired) electrons. The molecule has 2 unspecified atom stereocenters. The summed E-state index contributed by atoms with van der Waals surface area (Å²) in [7, 11) is 0. The lowest BCUT2D eigenvalue weighted by Crippen LogP contribution is -2.36. The Kier molecular flexibility index (Phi) is 5.49. The van der Waals surface area contributed by atoms with Crippen LogP contribution in [-0.2, 0) is 0 Å². The molecule has 1 aromatic heterocycles. The van der Waals surface area contributed by atoms with Crippen LogP contribution in [0.5, 0.6) is 0 Å². The van der Waals surface area contributed by atoms with Gasteiger partial charge in [-0.05, 0) is 44.0 Å². The Labute approximate surface area is 125 Å². The summed E-state index contributed by atoms with van der Waals surface area (Å²) in [4.78, 5) is 8.10. The number of H-pyrrole nitrogens is 1. The molecule has 2 N–H and O–H groups in total. The highest BCUT2D eigenvalue weighted by Crippen LogP contribution is 2.26. The van der Waals surface area contributed by atoms with Gasteiger partial charge in [-0.15, -0.1) is 0 Å². The second-order valence-corrected chi connectivity index (χ2v) is 6.72. The van der Waals surface area contributed by atoms with E-state index < -0.39 is 0 Å². The molecule has 0 aliphatic carbocycles. The highest BCUT2D eigenvalue weighted by atomic mass is 32.2. The summed E-state index contributed by atoms with van der Waals surface area (Å²) in [5.41, 5.74) is 3.45. The van der Waals surface area contributed by atoms with E-state index >= 15 is 0 Å². The first-order chi connectivity index (χ1) is 9.63. The van der Waals surface area contributed by atoms with Crippen molar-refractivity contribution in [1.29, 1.82) is 0 Å². The Morgan fingerprint density at radius 3 is 2.85 bits per heavy atom. The first-order valence-corrected chi connectivity index (χ1v) is 8.38. The lowest BCUT2D eigenvalue weighted by atomic mass is 10.1. The van der Waals surface area contributed by atoms with Crippen molar-refractivity contribution in [3.63, 3.8) is 0 Å². The van der Waals surface area contributed by atoms with Gasteiger partial charge >= 0.3 is 0 Å². The second-order valence-electron chi connectivity index (χ2n) is 5.35. The zero-order chi connectivity index (χ0) is 14.5. The Balaban J connectivity index is 2.06. The van der Waals surface area contributed by atoms with Crippen LogP contribution < -0.4 is 5.32 Å². The number of nitrogens with zero attached hydrogens (tertiary/aromatic N) is 1. The monoisotopic (exact) mass is 291 g/mol. The van der Waals surface area contributed by atoms with Crippen LogP contribution in [0.4, 0.5) is 0 Å². The van der Waals surface area contributed by atoms with E-state index in [2.05, 4.69) is 61.2 Å². The summed E-state index contributed by atoms with van der Waals surface area (Å²) in [6, 6.07) is 6.89. The number of aromatic amines is 1. The zero-order valence-electron chi connectivity index (χ0n) is 12.9. The average molecular weight is 291 g/mol. The van der Waals surface area contributed by atoms with E-state index in [4.69, 9.17) is 0 Å². The van der Waals surface area contributed by atoms with E-state index in [1.165, 1.54) is 12.0 Å². The minimum absolute atomic E-state index is 0.508. The molecule has 0 aliphatic rings. The van der Waals surface area contributed by atoms with Crippen LogP contribution in [-0.4, -0.2) is 27.8 Å². The quantitative estimate of drug-likeness (QED) is 0.754. The number of thioether (sulfide) groups is 1. The average Bonchev–Trinajstić information content (AvgIpc) is 2.80. The van der Waals surface area contributed by atoms with Gasteiger partial charge in [0.15, 0.2) is 5.16 Å². The van der Waals surface area contributed by atoms with Gasteiger partial charge in [-0.2, -0.15) is 0 Å². The van der Waals surface area contributed by atoms with Crippen LogP contribution in [0.1, 0.15) is 39.2 Å². The number of hydrogen-bond acceptors (Lipinski definition) is 3. The molecule has 20 heavy (non-hydrogen) atoms. The van der Waals surface area contributed by atoms with Crippen molar-refractivity contribution in [2.24, 2.45) is 0 Å². The summed E-state index contributed by atoms with van der Waals surface area (Å²) < 4.78 is 0. The second kappa shape index (κ2) is 7.14. The minimum atomic E-state index is 0.508. The summed E-state index contributed by atoms with van der Waals surface area (Å²) in [5.74, 6) is 0. The van der Waals surface area contributed by atoms with E-state index in [0.717, 1.165) is 29.2 Å². The van der Waals surface area contributed by atoms with Gasteiger partial charge in [0.25, 0.3) is 0 Å². The van der Waals surface area contributed by atoms with Gasteiger partial charge in [0.05, 0.1) is 11.0 Å². The van der Waals surface area contributed by atoms with Crippen LogP contribution in [0.25, 0.3) is 11.0 Å². The van der Waals surface area contributed by atoms with Crippen molar-refractivity contribution < 1.29 is 0 Å². The van der Waals surface area contributed by atoms with Gasteiger partial charge in [-0.25, -0.2) is 4.98 Å². The van der Waals surface area contributed by atoms with E-state index in [0.29, 0.717) is 11.3 Å². The molecule has 0 saturated heterocycles. The molecule has 0 saturated carbocycles. The van der Waals surface area contributed by atoms with Gasteiger partial charge in [0.1, 0.15) is 0 Å². The molecule has 0 bridgehead atoms. The molecule has 1 aromatic carbocycles. The van der Waals surface area contributed by atoms with E-state index in [1.807, 2.05) is 11.8 Å². The highest BCUT2D eigenvalue weighted by Gasteiger charge is 2.17. The fourth-order valence-electron chi connectivity index (χ4n) is 2.39. The van der Waals surface area contributed by atoms with Crippen LogP contribution in [0.2, 0.25) is 0 Å². The molecule has 0 aliphatic heterocycles. The topological polar surface area (TPSA) is 40.7 Å². The third-order valence-corrected chi connectivity index (χ3v) is 4.69. The molecule has 2 atom stereocenters. The molecule has 0 fully saturated rings. The maximum atomic E-state index is 4.67. The standard InChI is InChI=1S/C16H25N3S/c1-5-9-17-13(6-2)12(4)20-16-18-14-8-7-11(3)10-15(14)19-16/h7-8,10,12-13,17H,5-6,9H2,1-4H3,(H,18,19). The zero-order valence-corrected chi connectivity index (χ0v) is 13.7. The molecule has 1 heterocycles.